The number of nitrogens with zero attached hydrogens (tertiary/aromatic N) is 2. The summed E-state index contributed by atoms with van der Waals surface area (Å²) in [6, 6.07) is 6.44. The van der Waals surface area contributed by atoms with Crippen molar-refractivity contribution in [3.63, 3.8) is 0 Å². The Morgan fingerprint density at radius 1 is 1.20 bits per heavy atom. The molecular weight excluding hydrogens is 362 g/mol. The highest BCUT2D eigenvalue weighted by atomic mass is 35.5. The van der Waals surface area contributed by atoms with Crippen LogP contribution in [0.3, 0.4) is 0 Å². The van der Waals surface area contributed by atoms with E-state index in [4.69, 9.17) is 11.6 Å². The van der Waals surface area contributed by atoms with Gasteiger partial charge in [0.25, 0.3) is 0 Å². The molecule has 0 radical (unpaired) electrons. The molecule has 1 aromatic rings. The first-order chi connectivity index (χ1) is 11.9. The predicted molar refractivity (Wildman–Crippen MR) is 97.0 cm³/mol. The van der Waals surface area contributed by atoms with Crippen molar-refractivity contribution in [2.45, 2.75) is 30.7 Å². The van der Waals surface area contributed by atoms with Crippen LogP contribution >= 0.6 is 11.6 Å². The minimum atomic E-state index is -3.51. The van der Waals surface area contributed by atoms with Crippen LogP contribution in [0.25, 0.3) is 0 Å². The number of hydrogen-bond acceptors (Lipinski definition) is 4. The number of nitrogens with one attached hydrogen (secondary N) is 1. The third-order valence-electron chi connectivity index (χ3n) is 4.87. The molecule has 1 aliphatic carbocycles. The molecule has 8 heteroatoms. The van der Waals surface area contributed by atoms with Gasteiger partial charge in [-0.15, -0.1) is 0 Å². The van der Waals surface area contributed by atoms with Gasteiger partial charge in [0.05, 0.1) is 11.4 Å². The van der Waals surface area contributed by atoms with Crippen LogP contribution in [0.5, 0.6) is 0 Å². The van der Waals surface area contributed by atoms with Crippen molar-refractivity contribution in [2.24, 2.45) is 5.92 Å². The molecule has 6 nitrogen and oxygen atoms in total. The van der Waals surface area contributed by atoms with Crippen molar-refractivity contribution in [3.05, 3.63) is 29.3 Å². The van der Waals surface area contributed by atoms with Crippen LogP contribution in [-0.4, -0.2) is 62.3 Å². The van der Waals surface area contributed by atoms with E-state index in [2.05, 4.69) is 5.32 Å². The Hall–Kier alpha value is -1.15. The molecule has 25 heavy (non-hydrogen) atoms. The van der Waals surface area contributed by atoms with Gasteiger partial charge in [0.1, 0.15) is 0 Å². The number of rotatable bonds is 6. The van der Waals surface area contributed by atoms with E-state index in [1.54, 1.807) is 12.1 Å². The summed E-state index contributed by atoms with van der Waals surface area (Å²) in [5.74, 6) is 0.652. The van der Waals surface area contributed by atoms with Gasteiger partial charge in [-0.1, -0.05) is 11.6 Å². The minimum absolute atomic E-state index is 0.0217. The molecule has 2 aliphatic rings. The maximum absolute atomic E-state index is 12.6. The number of halogens is 1. The van der Waals surface area contributed by atoms with Gasteiger partial charge < -0.3 is 5.32 Å². The van der Waals surface area contributed by atoms with Crippen LogP contribution in [-0.2, 0) is 14.8 Å². The molecule has 2 fully saturated rings. The lowest BCUT2D eigenvalue weighted by Crippen LogP contribution is -2.51. The van der Waals surface area contributed by atoms with Crippen molar-refractivity contribution < 1.29 is 13.2 Å². The number of piperazine rings is 1. The fraction of sp³-hybridized carbons (Fsp3) is 0.588. The van der Waals surface area contributed by atoms with Crippen molar-refractivity contribution in [2.75, 3.05) is 32.7 Å². The fourth-order valence-electron chi connectivity index (χ4n) is 3.10. The molecule has 1 aromatic carbocycles. The summed E-state index contributed by atoms with van der Waals surface area (Å²) in [6.07, 6.45) is 2.39. The SMILES string of the molecule is C[C@@H](NC(=O)CN1CCN(S(=O)(=O)c2ccc(Cl)cc2)CC1)C1CC1. The molecule has 1 amide bonds. The highest BCUT2D eigenvalue weighted by molar-refractivity contribution is 7.89. The zero-order chi connectivity index (χ0) is 18.0. The van der Waals surface area contributed by atoms with Gasteiger partial charge in [-0.05, 0) is 49.9 Å². The van der Waals surface area contributed by atoms with Crippen LogP contribution in [0.2, 0.25) is 5.02 Å². The summed E-state index contributed by atoms with van der Waals surface area (Å²) >= 11 is 5.82. The normalized spacial score (nSPS) is 21.0. The third-order valence-corrected chi connectivity index (χ3v) is 7.03. The van der Waals surface area contributed by atoms with E-state index in [0.717, 1.165) is 0 Å². The predicted octanol–water partition coefficient (Wildman–Crippen LogP) is 1.56. The molecule has 0 aromatic heterocycles. The average Bonchev–Trinajstić information content (AvgIpc) is 3.40. The molecule has 138 valence electrons. The number of amides is 1. The standard InChI is InChI=1S/C17H24ClN3O3S/c1-13(14-2-3-14)19-17(22)12-20-8-10-21(11-9-20)25(23,24)16-6-4-15(18)5-7-16/h4-7,13-14H,2-3,8-12H2,1H3,(H,19,22)/t13-/m1/s1. The lowest BCUT2D eigenvalue weighted by Gasteiger charge is -2.33. The largest absolute Gasteiger partial charge is 0.352 e. The van der Waals surface area contributed by atoms with Gasteiger partial charge in [0, 0.05) is 37.2 Å². The van der Waals surface area contributed by atoms with E-state index in [9.17, 15) is 13.2 Å². The Morgan fingerprint density at radius 2 is 1.80 bits per heavy atom. The van der Waals surface area contributed by atoms with E-state index in [1.165, 1.54) is 29.3 Å². The fourth-order valence-corrected chi connectivity index (χ4v) is 4.65. The van der Waals surface area contributed by atoms with Crippen molar-refractivity contribution in [1.29, 1.82) is 0 Å². The first kappa shape index (κ1) is 18.6. The summed E-state index contributed by atoms with van der Waals surface area (Å²) in [7, 11) is -3.51. The molecule has 1 aliphatic heterocycles. The molecule has 1 N–H and O–H groups in total. The van der Waals surface area contributed by atoms with Gasteiger partial charge in [-0.2, -0.15) is 4.31 Å². The lowest BCUT2D eigenvalue weighted by atomic mass is 10.2. The quantitative estimate of drug-likeness (QED) is 0.806. The second-order valence-electron chi connectivity index (χ2n) is 6.83. The van der Waals surface area contributed by atoms with Gasteiger partial charge in [0.15, 0.2) is 0 Å². The Balaban J connectivity index is 1.50. The summed E-state index contributed by atoms with van der Waals surface area (Å²) in [6.45, 7) is 4.25. The van der Waals surface area contributed by atoms with Crippen LogP contribution in [0, 0.1) is 5.92 Å². The van der Waals surface area contributed by atoms with Crippen LogP contribution in [0.4, 0.5) is 0 Å². The van der Waals surface area contributed by atoms with E-state index in [1.807, 2.05) is 11.8 Å². The second-order valence-corrected chi connectivity index (χ2v) is 9.20. The monoisotopic (exact) mass is 385 g/mol. The van der Waals surface area contributed by atoms with E-state index in [-0.39, 0.29) is 16.8 Å². The highest BCUT2D eigenvalue weighted by Gasteiger charge is 2.31. The van der Waals surface area contributed by atoms with Gasteiger partial charge in [-0.3, -0.25) is 9.69 Å². The lowest BCUT2D eigenvalue weighted by molar-refractivity contribution is -0.123. The topological polar surface area (TPSA) is 69.7 Å². The Morgan fingerprint density at radius 3 is 2.36 bits per heavy atom. The molecule has 0 unspecified atom stereocenters. The number of hydrogen-bond donors (Lipinski definition) is 1. The van der Waals surface area contributed by atoms with Crippen molar-refractivity contribution in [1.82, 2.24) is 14.5 Å². The molecule has 0 bridgehead atoms. The molecule has 1 saturated heterocycles. The maximum atomic E-state index is 12.6. The molecule has 1 saturated carbocycles. The van der Waals surface area contributed by atoms with Crippen LogP contribution < -0.4 is 5.32 Å². The second kappa shape index (κ2) is 7.61. The van der Waals surface area contributed by atoms with E-state index >= 15 is 0 Å². The number of benzene rings is 1. The summed E-state index contributed by atoms with van der Waals surface area (Å²) < 4.78 is 26.7. The zero-order valence-electron chi connectivity index (χ0n) is 14.3. The summed E-state index contributed by atoms with van der Waals surface area (Å²) in [5, 5.41) is 3.55. The van der Waals surface area contributed by atoms with Crippen LogP contribution in [0.15, 0.2) is 29.2 Å². The van der Waals surface area contributed by atoms with E-state index < -0.39 is 10.0 Å². The smallest absolute Gasteiger partial charge is 0.243 e. The van der Waals surface area contributed by atoms with Gasteiger partial charge >= 0.3 is 0 Å². The number of sulfonamides is 1. The Bertz CT molecular complexity index is 711. The first-order valence-electron chi connectivity index (χ1n) is 8.64. The summed E-state index contributed by atoms with van der Waals surface area (Å²) in [5.41, 5.74) is 0. The van der Waals surface area contributed by atoms with Crippen LogP contribution in [0.1, 0.15) is 19.8 Å². The molecule has 1 atom stereocenters. The molecule has 1 heterocycles. The zero-order valence-corrected chi connectivity index (χ0v) is 15.9. The average molecular weight is 386 g/mol. The van der Waals surface area contributed by atoms with E-state index in [0.29, 0.717) is 43.7 Å². The highest BCUT2D eigenvalue weighted by Crippen LogP contribution is 2.32. The molecule has 3 rings (SSSR count). The Kier molecular flexibility index (Phi) is 5.68. The van der Waals surface area contributed by atoms with Crippen molar-refractivity contribution in [3.8, 4) is 0 Å². The van der Waals surface area contributed by atoms with Gasteiger partial charge in [-0.25, -0.2) is 8.42 Å². The maximum Gasteiger partial charge on any atom is 0.243 e. The Labute approximate surface area is 154 Å². The molecular formula is C17H24ClN3O3S. The first-order valence-corrected chi connectivity index (χ1v) is 10.5. The number of carbonyl (C=O) groups is 1. The summed E-state index contributed by atoms with van der Waals surface area (Å²) in [4.78, 5) is 14.3. The molecule has 0 spiro atoms. The van der Waals surface area contributed by atoms with Crippen molar-refractivity contribution >= 4 is 27.5 Å². The minimum Gasteiger partial charge on any atom is -0.352 e. The number of carbonyl (C=O) groups excluding carboxylic acids is 1. The third kappa shape index (κ3) is 4.73. The van der Waals surface area contributed by atoms with Gasteiger partial charge in [0.2, 0.25) is 15.9 Å².